The highest BCUT2D eigenvalue weighted by atomic mass is 35.5. The molecular formula is C8H6ClNO2S. The molecule has 5 heteroatoms. The van der Waals surface area contributed by atoms with Crippen LogP contribution in [-0.4, -0.2) is 10.4 Å². The minimum absolute atomic E-state index is 0.161. The standard InChI is InChI=1S/C8H6ClNO2S/c9-8(11)12-6-4-2-1-3-5(6)7(10)13/h1-4H,(H2,10,13). The second-order valence-corrected chi connectivity index (χ2v) is 2.95. The third-order valence-electron chi connectivity index (χ3n) is 1.34. The SMILES string of the molecule is NC(=S)c1ccccc1OC(=O)Cl. The number of benzene rings is 1. The van der Waals surface area contributed by atoms with Crippen molar-refractivity contribution in [2.45, 2.75) is 0 Å². The van der Waals surface area contributed by atoms with E-state index in [1.54, 1.807) is 24.3 Å². The van der Waals surface area contributed by atoms with E-state index in [9.17, 15) is 4.79 Å². The van der Waals surface area contributed by atoms with E-state index in [4.69, 9.17) is 29.6 Å². The molecule has 0 spiro atoms. The van der Waals surface area contributed by atoms with Crippen LogP contribution in [0.4, 0.5) is 4.79 Å². The third kappa shape index (κ3) is 2.68. The minimum Gasteiger partial charge on any atom is -0.414 e. The number of hydrogen-bond donors (Lipinski definition) is 1. The first kappa shape index (κ1) is 9.95. The molecule has 0 fully saturated rings. The molecule has 2 N–H and O–H groups in total. The highest BCUT2D eigenvalue weighted by Crippen LogP contribution is 2.18. The van der Waals surface area contributed by atoms with Gasteiger partial charge in [0.15, 0.2) is 0 Å². The van der Waals surface area contributed by atoms with E-state index in [1.165, 1.54) is 0 Å². The number of thiocarbonyl (C=S) groups is 1. The third-order valence-corrected chi connectivity index (χ3v) is 1.64. The number of nitrogens with two attached hydrogens (primary N) is 1. The number of halogens is 1. The molecule has 1 aromatic rings. The van der Waals surface area contributed by atoms with Crippen LogP contribution >= 0.6 is 23.8 Å². The van der Waals surface area contributed by atoms with E-state index < -0.39 is 5.43 Å². The summed E-state index contributed by atoms with van der Waals surface area (Å²) in [5.41, 5.74) is 4.97. The highest BCUT2D eigenvalue weighted by molar-refractivity contribution is 7.80. The van der Waals surface area contributed by atoms with Crippen molar-refractivity contribution in [1.29, 1.82) is 0 Å². The van der Waals surface area contributed by atoms with Gasteiger partial charge >= 0.3 is 5.43 Å². The Morgan fingerprint density at radius 2 is 2.08 bits per heavy atom. The molecule has 3 nitrogen and oxygen atoms in total. The Bertz CT molecular complexity index is 354. The van der Waals surface area contributed by atoms with Gasteiger partial charge in [-0.05, 0) is 12.1 Å². The van der Waals surface area contributed by atoms with Gasteiger partial charge in [0.1, 0.15) is 10.7 Å². The Kier molecular flexibility index (Phi) is 3.22. The normalized spacial score (nSPS) is 9.31. The molecule has 1 aromatic carbocycles. The monoisotopic (exact) mass is 215 g/mol. The zero-order valence-electron chi connectivity index (χ0n) is 6.49. The van der Waals surface area contributed by atoms with Gasteiger partial charge in [0.2, 0.25) is 0 Å². The molecule has 0 aromatic heterocycles. The van der Waals surface area contributed by atoms with Gasteiger partial charge in [0, 0.05) is 11.6 Å². The number of carbonyl (C=O) groups is 1. The second-order valence-electron chi connectivity index (χ2n) is 2.20. The van der Waals surface area contributed by atoms with Crippen LogP contribution in [0.3, 0.4) is 0 Å². The zero-order chi connectivity index (χ0) is 9.84. The predicted octanol–water partition coefficient (Wildman–Crippen LogP) is 2.06. The summed E-state index contributed by atoms with van der Waals surface area (Å²) in [7, 11) is 0. The minimum atomic E-state index is -0.913. The maximum absolute atomic E-state index is 10.4. The van der Waals surface area contributed by atoms with Crippen molar-refractivity contribution in [2.75, 3.05) is 0 Å². The Morgan fingerprint density at radius 3 is 2.62 bits per heavy atom. The summed E-state index contributed by atoms with van der Waals surface area (Å²) in [5, 5.41) is 0. The molecular weight excluding hydrogens is 210 g/mol. The van der Waals surface area contributed by atoms with Gasteiger partial charge in [-0.2, -0.15) is 0 Å². The van der Waals surface area contributed by atoms with E-state index in [0.29, 0.717) is 5.56 Å². The summed E-state index contributed by atoms with van der Waals surface area (Å²) in [4.78, 5) is 10.6. The Morgan fingerprint density at radius 1 is 1.46 bits per heavy atom. The summed E-state index contributed by atoms with van der Waals surface area (Å²) in [6.45, 7) is 0. The lowest BCUT2D eigenvalue weighted by Crippen LogP contribution is -2.12. The maximum atomic E-state index is 10.4. The van der Waals surface area contributed by atoms with Crippen LogP contribution < -0.4 is 10.5 Å². The van der Waals surface area contributed by atoms with Crippen molar-refractivity contribution >= 4 is 34.2 Å². The summed E-state index contributed by atoms with van der Waals surface area (Å²) < 4.78 is 4.67. The number of carbonyl (C=O) groups excluding carboxylic acids is 1. The zero-order valence-corrected chi connectivity index (χ0v) is 8.06. The highest BCUT2D eigenvalue weighted by Gasteiger charge is 2.07. The molecule has 0 amide bonds. The van der Waals surface area contributed by atoms with Gasteiger partial charge in [-0.1, -0.05) is 24.4 Å². The Labute approximate surface area is 85.4 Å². The number of hydrogen-bond acceptors (Lipinski definition) is 3. The average molecular weight is 216 g/mol. The first-order valence-electron chi connectivity index (χ1n) is 3.37. The molecule has 0 aliphatic carbocycles. The molecule has 68 valence electrons. The van der Waals surface area contributed by atoms with Crippen LogP contribution in [0.2, 0.25) is 0 Å². The van der Waals surface area contributed by atoms with Gasteiger partial charge < -0.3 is 10.5 Å². The first-order valence-corrected chi connectivity index (χ1v) is 4.16. The van der Waals surface area contributed by atoms with Crippen LogP contribution in [0.5, 0.6) is 5.75 Å². The first-order chi connectivity index (χ1) is 6.11. The van der Waals surface area contributed by atoms with Gasteiger partial charge in [-0.3, -0.25) is 0 Å². The summed E-state index contributed by atoms with van der Waals surface area (Å²) >= 11 is 9.79. The average Bonchev–Trinajstić information content (AvgIpc) is 2.03. The van der Waals surface area contributed by atoms with Gasteiger partial charge in [0.05, 0.1) is 5.56 Å². The molecule has 0 bridgehead atoms. The quantitative estimate of drug-likeness (QED) is 0.606. The van der Waals surface area contributed by atoms with Crippen molar-refractivity contribution in [3.05, 3.63) is 29.8 Å². The van der Waals surface area contributed by atoms with E-state index in [1.807, 2.05) is 0 Å². The van der Waals surface area contributed by atoms with E-state index in [-0.39, 0.29) is 10.7 Å². The number of rotatable bonds is 2. The second kappa shape index (κ2) is 4.20. The van der Waals surface area contributed by atoms with Crippen molar-refractivity contribution < 1.29 is 9.53 Å². The van der Waals surface area contributed by atoms with Crippen molar-refractivity contribution in [2.24, 2.45) is 5.73 Å². The van der Waals surface area contributed by atoms with Crippen LogP contribution in [0.15, 0.2) is 24.3 Å². The Hall–Kier alpha value is -1.13. The van der Waals surface area contributed by atoms with E-state index in [2.05, 4.69) is 4.74 Å². The van der Waals surface area contributed by atoms with E-state index in [0.717, 1.165) is 0 Å². The van der Waals surface area contributed by atoms with Crippen LogP contribution in [-0.2, 0) is 0 Å². The van der Waals surface area contributed by atoms with Crippen molar-refractivity contribution in [1.82, 2.24) is 0 Å². The molecule has 0 saturated carbocycles. The molecule has 0 radical (unpaired) electrons. The lowest BCUT2D eigenvalue weighted by Gasteiger charge is -2.05. The van der Waals surface area contributed by atoms with Crippen molar-refractivity contribution in [3.63, 3.8) is 0 Å². The van der Waals surface area contributed by atoms with Crippen LogP contribution in [0, 0.1) is 0 Å². The fourth-order valence-electron chi connectivity index (χ4n) is 0.846. The largest absolute Gasteiger partial charge is 0.414 e. The topological polar surface area (TPSA) is 52.3 Å². The molecule has 1 rings (SSSR count). The van der Waals surface area contributed by atoms with Crippen LogP contribution in [0.1, 0.15) is 5.56 Å². The molecule has 0 saturated heterocycles. The smallest absolute Gasteiger partial charge is 0.409 e. The lowest BCUT2D eigenvalue weighted by molar-refractivity contribution is 0.225. The van der Waals surface area contributed by atoms with Gasteiger partial charge in [-0.25, -0.2) is 4.79 Å². The number of ether oxygens (including phenoxy) is 1. The molecule has 0 atom stereocenters. The van der Waals surface area contributed by atoms with Gasteiger partial charge in [-0.15, -0.1) is 0 Å². The fraction of sp³-hybridized carbons (Fsp3) is 0. The molecule has 0 unspecified atom stereocenters. The Balaban J connectivity index is 3.04. The summed E-state index contributed by atoms with van der Waals surface area (Å²) in [6.07, 6.45) is 0. The molecule has 0 aliphatic heterocycles. The maximum Gasteiger partial charge on any atom is 0.409 e. The molecule has 13 heavy (non-hydrogen) atoms. The molecule has 0 aliphatic rings. The fourth-order valence-corrected chi connectivity index (χ4v) is 1.10. The van der Waals surface area contributed by atoms with Crippen LogP contribution in [0.25, 0.3) is 0 Å². The van der Waals surface area contributed by atoms with E-state index >= 15 is 0 Å². The number of para-hydroxylation sites is 1. The van der Waals surface area contributed by atoms with Gasteiger partial charge in [0.25, 0.3) is 0 Å². The summed E-state index contributed by atoms with van der Waals surface area (Å²) in [6, 6.07) is 6.64. The lowest BCUT2D eigenvalue weighted by atomic mass is 10.2. The summed E-state index contributed by atoms with van der Waals surface area (Å²) in [5.74, 6) is 0.273. The predicted molar refractivity (Wildman–Crippen MR) is 54.2 cm³/mol. The van der Waals surface area contributed by atoms with Crippen molar-refractivity contribution in [3.8, 4) is 5.75 Å². The molecule has 0 heterocycles.